The van der Waals surface area contributed by atoms with Gasteiger partial charge in [0.2, 0.25) is 0 Å². The van der Waals surface area contributed by atoms with Crippen LogP contribution in [0.2, 0.25) is 4.34 Å². The van der Waals surface area contributed by atoms with Crippen LogP contribution in [0.1, 0.15) is 30.7 Å². The van der Waals surface area contributed by atoms with Crippen LogP contribution in [-0.4, -0.2) is 15.6 Å². The van der Waals surface area contributed by atoms with Crippen LogP contribution in [0.25, 0.3) is 0 Å². The van der Waals surface area contributed by atoms with Crippen molar-refractivity contribution in [2.24, 2.45) is 0 Å². The summed E-state index contributed by atoms with van der Waals surface area (Å²) in [6.45, 7) is 2.14. The van der Waals surface area contributed by atoms with E-state index in [1.54, 1.807) is 0 Å². The molecular weight excluding hydrogens is 236 g/mol. The Balaban J connectivity index is 2.18. The fraction of sp³-hybridized carbons (Fsp3) is 0.600. The normalized spacial score (nSPS) is 29.4. The lowest BCUT2D eigenvalue weighted by Crippen LogP contribution is -2.25. The average molecular weight is 249 g/mol. The van der Waals surface area contributed by atoms with E-state index in [1.807, 2.05) is 23.9 Å². The van der Waals surface area contributed by atoms with E-state index in [9.17, 15) is 5.11 Å². The Morgan fingerprint density at radius 1 is 1.57 bits per heavy atom. The molecule has 0 amide bonds. The molecule has 1 fully saturated rings. The standard InChI is InChI=1S/C10H13ClOS2/c1-10(5-2-6-13-10)9(12)7-3-4-8(11)14-7/h3-4,9,12H,2,5-6H2,1H3. The highest BCUT2D eigenvalue weighted by Gasteiger charge is 2.38. The number of hydrogen-bond donors (Lipinski definition) is 1. The van der Waals surface area contributed by atoms with E-state index in [0.717, 1.165) is 21.4 Å². The van der Waals surface area contributed by atoms with Gasteiger partial charge >= 0.3 is 0 Å². The van der Waals surface area contributed by atoms with E-state index in [2.05, 4.69) is 6.92 Å². The van der Waals surface area contributed by atoms with Crippen molar-refractivity contribution in [2.75, 3.05) is 5.75 Å². The fourth-order valence-electron chi connectivity index (χ4n) is 1.79. The molecule has 0 saturated carbocycles. The second kappa shape index (κ2) is 4.05. The highest BCUT2D eigenvalue weighted by atomic mass is 35.5. The molecule has 1 aromatic heterocycles. The second-order valence-electron chi connectivity index (χ2n) is 3.81. The van der Waals surface area contributed by atoms with Gasteiger partial charge in [-0.25, -0.2) is 0 Å². The first-order chi connectivity index (χ1) is 6.62. The minimum atomic E-state index is -0.368. The van der Waals surface area contributed by atoms with Crippen molar-refractivity contribution in [3.05, 3.63) is 21.3 Å². The predicted octanol–water partition coefficient (Wildman–Crippen LogP) is 3.72. The number of hydrogen-bond acceptors (Lipinski definition) is 3. The maximum Gasteiger partial charge on any atom is 0.103 e. The van der Waals surface area contributed by atoms with Crippen LogP contribution in [0.15, 0.2) is 12.1 Å². The zero-order chi connectivity index (χ0) is 10.2. The van der Waals surface area contributed by atoms with Gasteiger partial charge in [-0.3, -0.25) is 0 Å². The minimum absolute atomic E-state index is 0.00577. The monoisotopic (exact) mass is 248 g/mol. The zero-order valence-electron chi connectivity index (χ0n) is 8.00. The molecule has 1 aliphatic heterocycles. The number of rotatable bonds is 2. The lowest BCUT2D eigenvalue weighted by Gasteiger charge is -2.28. The van der Waals surface area contributed by atoms with Gasteiger partial charge in [0, 0.05) is 9.62 Å². The molecule has 1 nitrogen and oxygen atoms in total. The Bertz CT molecular complexity index is 318. The quantitative estimate of drug-likeness (QED) is 0.861. The summed E-state index contributed by atoms with van der Waals surface area (Å²) in [5, 5.41) is 10.2. The molecule has 2 atom stereocenters. The lowest BCUT2D eigenvalue weighted by molar-refractivity contribution is 0.138. The van der Waals surface area contributed by atoms with E-state index in [-0.39, 0.29) is 10.9 Å². The first kappa shape index (κ1) is 10.8. The molecule has 78 valence electrons. The van der Waals surface area contributed by atoms with Crippen LogP contribution in [0.3, 0.4) is 0 Å². The summed E-state index contributed by atoms with van der Waals surface area (Å²) in [6.07, 6.45) is 1.93. The van der Waals surface area contributed by atoms with Gasteiger partial charge in [-0.15, -0.1) is 11.3 Å². The molecule has 4 heteroatoms. The number of thiophene rings is 1. The molecule has 14 heavy (non-hydrogen) atoms. The van der Waals surface area contributed by atoms with Gasteiger partial charge in [-0.05, 0) is 37.7 Å². The Hall–Kier alpha value is 0.300. The van der Waals surface area contributed by atoms with Gasteiger partial charge in [0.1, 0.15) is 6.10 Å². The Morgan fingerprint density at radius 3 is 2.86 bits per heavy atom. The largest absolute Gasteiger partial charge is 0.386 e. The van der Waals surface area contributed by atoms with E-state index in [1.165, 1.54) is 17.8 Å². The first-order valence-corrected chi connectivity index (χ1v) is 6.87. The molecule has 0 aromatic carbocycles. The average Bonchev–Trinajstić information content (AvgIpc) is 2.74. The van der Waals surface area contributed by atoms with Crippen molar-refractivity contribution >= 4 is 34.7 Å². The van der Waals surface area contributed by atoms with Crippen LogP contribution in [-0.2, 0) is 0 Å². The molecule has 0 bridgehead atoms. The topological polar surface area (TPSA) is 20.2 Å². The third-order valence-corrected chi connectivity index (χ3v) is 5.55. The summed E-state index contributed by atoms with van der Waals surface area (Å²) in [7, 11) is 0. The summed E-state index contributed by atoms with van der Waals surface area (Å²) in [6, 6.07) is 3.79. The SMILES string of the molecule is CC1(C(O)c2ccc(Cl)s2)CCCS1. The van der Waals surface area contributed by atoms with Crippen LogP contribution in [0.4, 0.5) is 0 Å². The summed E-state index contributed by atoms with van der Waals surface area (Å²) in [5.74, 6) is 1.16. The number of thioether (sulfide) groups is 1. The smallest absolute Gasteiger partial charge is 0.103 e. The second-order valence-corrected chi connectivity index (χ2v) is 7.19. The molecule has 1 aromatic rings. The van der Waals surface area contributed by atoms with Crippen molar-refractivity contribution in [2.45, 2.75) is 30.6 Å². The molecule has 1 N–H and O–H groups in total. The Kier molecular flexibility index (Phi) is 3.12. The first-order valence-electron chi connectivity index (χ1n) is 4.69. The van der Waals surface area contributed by atoms with E-state index >= 15 is 0 Å². The summed E-state index contributed by atoms with van der Waals surface area (Å²) >= 11 is 9.21. The molecule has 1 aliphatic rings. The zero-order valence-corrected chi connectivity index (χ0v) is 10.4. The minimum Gasteiger partial charge on any atom is -0.386 e. The third-order valence-electron chi connectivity index (χ3n) is 2.69. The molecule has 2 rings (SSSR count). The molecule has 0 aliphatic carbocycles. The Labute approximate surface area is 97.5 Å². The summed E-state index contributed by atoms with van der Waals surface area (Å²) in [5.41, 5.74) is 0. The molecule has 0 spiro atoms. The van der Waals surface area contributed by atoms with E-state index in [0.29, 0.717) is 0 Å². The molecule has 1 saturated heterocycles. The molecule has 2 unspecified atom stereocenters. The fourth-order valence-corrected chi connectivity index (χ4v) is 4.39. The van der Waals surface area contributed by atoms with Gasteiger partial charge in [0.05, 0.1) is 4.34 Å². The van der Waals surface area contributed by atoms with Gasteiger partial charge < -0.3 is 5.11 Å². The maximum atomic E-state index is 10.2. The Morgan fingerprint density at radius 2 is 2.36 bits per heavy atom. The van der Waals surface area contributed by atoms with Crippen molar-refractivity contribution in [1.82, 2.24) is 0 Å². The third kappa shape index (κ3) is 1.96. The molecule has 0 radical (unpaired) electrons. The van der Waals surface area contributed by atoms with Gasteiger partial charge in [-0.1, -0.05) is 11.6 Å². The van der Waals surface area contributed by atoms with Crippen molar-refractivity contribution in [1.29, 1.82) is 0 Å². The number of halogens is 1. The van der Waals surface area contributed by atoms with Crippen LogP contribution < -0.4 is 0 Å². The van der Waals surface area contributed by atoms with E-state index < -0.39 is 0 Å². The van der Waals surface area contributed by atoms with Crippen molar-refractivity contribution < 1.29 is 5.11 Å². The highest BCUT2D eigenvalue weighted by molar-refractivity contribution is 8.00. The van der Waals surface area contributed by atoms with Crippen molar-refractivity contribution in [3.8, 4) is 0 Å². The molecular formula is C10H13ClOS2. The van der Waals surface area contributed by atoms with Crippen LogP contribution >= 0.6 is 34.7 Å². The lowest BCUT2D eigenvalue weighted by atomic mass is 9.97. The van der Waals surface area contributed by atoms with Gasteiger partial charge in [0.25, 0.3) is 0 Å². The van der Waals surface area contributed by atoms with Gasteiger partial charge in [0.15, 0.2) is 0 Å². The number of aliphatic hydroxyl groups excluding tert-OH is 1. The predicted molar refractivity (Wildman–Crippen MR) is 64.4 cm³/mol. The van der Waals surface area contributed by atoms with Crippen LogP contribution in [0, 0.1) is 0 Å². The van der Waals surface area contributed by atoms with Gasteiger partial charge in [-0.2, -0.15) is 11.8 Å². The number of aliphatic hydroxyl groups is 1. The highest BCUT2D eigenvalue weighted by Crippen LogP contribution is 2.48. The summed E-state index contributed by atoms with van der Waals surface area (Å²) in [4.78, 5) is 0.993. The summed E-state index contributed by atoms with van der Waals surface area (Å²) < 4.78 is 0.749. The maximum absolute atomic E-state index is 10.2. The van der Waals surface area contributed by atoms with Crippen LogP contribution in [0.5, 0.6) is 0 Å². The van der Waals surface area contributed by atoms with E-state index in [4.69, 9.17) is 11.6 Å². The van der Waals surface area contributed by atoms with Crippen molar-refractivity contribution in [3.63, 3.8) is 0 Å². The molecule has 2 heterocycles.